The number of hydrogen-bond acceptors (Lipinski definition) is 8. The van der Waals surface area contributed by atoms with E-state index in [4.69, 9.17) is 9.47 Å². The van der Waals surface area contributed by atoms with Crippen molar-refractivity contribution >= 4 is 29.0 Å². The number of ketones is 1. The first-order valence-electron chi connectivity index (χ1n) is 14.4. The van der Waals surface area contributed by atoms with Crippen molar-refractivity contribution in [3.63, 3.8) is 0 Å². The summed E-state index contributed by atoms with van der Waals surface area (Å²) in [5.74, 6) is 0.538. The molecule has 11 heteroatoms. The molecule has 0 radical (unpaired) electrons. The minimum atomic E-state index is -0.325. The predicted octanol–water partition coefficient (Wildman–Crippen LogP) is 4.90. The van der Waals surface area contributed by atoms with Crippen molar-refractivity contribution in [1.29, 1.82) is 0 Å². The van der Waals surface area contributed by atoms with E-state index in [-0.39, 0.29) is 30.3 Å². The molecular weight excluding hydrogens is 563 g/mol. The maximum Gasteiger partial charge on any atom is 0.254 e. The van der Waals surface area contributed by atoms with Crippen LogP contribution in [0.3, 0.4) is 0 Å². The van der Waals surface area contributed by atoms with E-state index < -0.39 is 0 Å². The van der Waals surface area contributed by atoms with Gasteiger partial charge in [0.2, 0.25) is 5.95 Å². The monoisotopic (exact) mass is 594 g/mol. The minimum Gasteiger partial charge on any atom is -0.492 e. The zero-order chi connectivity index (χ0) is 30.5. The molecule has 0 unspecified atom stereocenters. The largest absolute Gasteiger partial charge is 0.492 e. The molecule has 4 heterocycles. The molecular formula is C33H31FN6O4. The van der Waals surface area contributed by atoms with Gasteiger partial charge in [-0.05, 0) is 61.0 Å². The van der Waals surface area contributed by atoms with Crippen LogP contribution in [0.25, 0.3) is 16.8 Å². The van der Waals surface area contributed by atoms with Crippen LogP contribution in [0.1, 0.15) is 28.5 Å². The molecule has 2 aromatic carbocycles. The lowest BCUT2D eigenvalue weighted by Gasteiger charge is -2.27. The first-order chi connectivity index (χ1) is 21.4. The van der Waals surface area contributed by atoms with Crippen molar-refractivity contribution in [3.05, 3.63) is 102 Å². The maximum atomic E-state index is 13.1. The van der Waals surface area contributed by atoms with Crippen LogP contribution in [-0.4, -0.2) is 69.1 Å². The molecule has 1 aliphatic heterocycles. The average molecular weight is 595 g/mol. The molecule has 1 fully saturated rings. The number of fused-ring (bicyclic) bond motifs is 1. The fourth-order valence-electron chi connectivity index (χ4n) is 5.00. The molecule has 3 aromatic heterocycles. The SMILES string of the molecule is CCOc1cc(C(=O)N2CCOCC2)ccc1Nc1nc2ccc(-c3ccc(CC(=O)Cc4ccc(F)cc4)nc3)cn2n1. The molecule has 0 aliphatic carbocycles. The molecule has 0 spiro atoms. The fourth-order valence-corrected chi connectivity index (χ4v) is 5.00. The highest BCUT2D eigenvalue weighted by molar-refractivity contribution is 5.95. The number of carbonyl (C=O) groups excluding carboxylic acids is 2. The number of carbonyl (C=O) groups is 2. The Hall–Kier alpha value is -5.16. The van der Waals surface area contributed by atoms with Crippen molar-refractivity contribution in [2.45, 2.75) is 19.8 Å². The summed E-state index contributed by atoms with van der Waals surface area (Å²) in [5, 5.41) is 7.81. The van der Waals surface area contributed by atoms with E-state index in [1.807, 2.05) is 37.4 Å². The Morgan fingerprint density at radius 3 is 2.52 bits per heavy atom. The van der Waals surface area contributed by atoms with Gasteiger partial charge in [0.1, 0.15) is 17.3 Å². The molecule has 1 N–H and O–H groups in total. The van der Waals surface area contributed by atoms with Crippen molar-refractivity contribution in [3.8, 4) is 16.9 Å². The number of ether oxygens (including phenoxy) is 2. The minimum absolute atomic E-state index is 0.00626. The number of hydrogen-bond donors (Lipinski definition) is 1. The number of nitrogens with one attached hydrogen (secondary N) is 1. The van der Waals surface area contributed by atoms with E-state index >= 15 is 0 Å². The molecule has 1 amide bonds. The lowest BCUT2D eigenvalue weighted by molar-refractivity contribution is -0.117. The summed E-state index contributed by atoms with van der Waals surface area (Å²) in [5.41, 5.74) is 5.02. The van der Waals surface area contributed by atoms with Crippen LogP contribution >= 0.6 is 0 Å². The third-order valence-corrected chi connectivity index (χ3v) is 7.26. The summed E-state index contributed by atoms with van der Waals surface area (Å²) in [4.78, 5) is 36.3. The lowest BCUT2D eigenvalue weighted by Crippen LogP contribution is -2.40. The van der Waals surface area contributed by atoms with Crippen molar-refractivity contribution in [2.24, 2.45) is 0 Å². The van der Waals surface area contributed by atoms with Crippen molar-refractivity contribution in [2.75, 3.05) is 38.2 Å². The highest BCUT2D eigenvalue weighted by Gasteiger charge is 2.20. The number of morpholine rings is 1. The van der Waals surface area contributed by atoms with Crippen LogP contribution < -0.4 is 10.1 Å². The number of aromatic nitrogens is 4. The number of amides is 1. The van der Waals surface area contributed by atoms with Gasteiger partial charge in [-0.1, -0.05) is 18.2 Å². The van der Waals surface area contributed by atoms with Gasteiger partial charge in [0, 0.05) is 60.7 Å². The smallest absolute Gasteiger partial charge is 0.254 e. The number of pyridine rings is 2. The van der Waals surface area contributed by atoms with Crippen molar-refractivity contribution < 1.29 is 23.5 Å². The van der Waals surface area contributed by atoms with Crippen LogP contribution in [0.4, 0.5) is 16.0 Å². The van der Waals surface area contributed by atoms with Crippen LogP contribution in [0.15, 0.2) is 79.1 Å². The number of Topliss-reactive ketones (excluding diaryl/α,β-unsaturated/α-hetero) is 1. The van der Waals surface area contributed by atoms with Crippen LogP contribution in [-0.2, 0) is 22.4 Å². The van der Waals surface area contributed by atoms with Gasteiger partial charge in [0.25, 0.3) is 5.91 Å². The van der Waals surface area contributed by atoms with E-state index in [1.54, 1.807) is 45.9 Å². The quantitative estimate of drug-likeness (QED) is 0.243. The molecule has 0 bridgehead atoms. The molecule has 0 atom stereocenters. The number of benzene rings is 2. The van der Waals surface area contributed by atoms with Crippen molar-refractivity contribution in [1.82, 2.24) is 24.5 Å². The average Bonchev–Trinajstić information content (AvgIpc) is 3.45. The van der Waals surface area contributed by atoms with E-state index in [2.05, 4.69) is 20.4 Å². The summed E-state index contributed by atoms with van der Waals surface area (Å²) in [6, 6.07) is 18.8. The van der Waals surface area contributed by atoms with Gasteiger partial charge in [0.15, 0.2) is 5.65 Å². The zero-order valence-electron chi connectivity index (χ0n) is 24.2. The first kappa shape index (κ1) is 28.9. The fraction of sp³-hybridized carbons (Fsp3) is 0.242. The third kappa shape index (κ3) is 6.73. The summed E-state index contributed by atoms with van der Waals surface area (Å²) in [6.45, 7) is 4.52. The maximum absolute atomic E-state index is 13.1. The van der Waals surface area contributed by atoms with Crippen LogP contribution in [0.2, 0.25) is 0 Å². The van der Waals surface area contributed by atoms with Gasteiger partial charge in [-0.2, -0.15) is 4.98 Å². The molecule has 5 aromatic rings. The highest BCUT2D eigenvalue weighted by Crippen LogP contribution is 2.29. The van der Waals surface area contributed by atoms with Gasteiger partial charge in [-0.25, -0.2) is 8.91 Å². The van der Waals surface area contributed by atoms with Crippen LogP contribution in [0.5, 0.6) is 5.75 Å². The topological polar surface area (TPSA) is 111 Å². The zero-order valence-corrected chi connectivity index (χ0v) is 24.2. The summed E-state index contributed by atoms with van der Waals surface area (Å²) < 4.78 is 26.0. The third-order valence-electron chi connectivity index (χ3n) is 7.26. The Bertz CT molecular complexity index is 1780. The van der Waals surface area contributed by atoms with E-state index in [0.29, 0.717) is 67.2 Å². The molecule has 44 heavy (non-hydrogen) atoms. The number of anilines is 2. The molecule has 0 saturated carbocycles. The number of rotatable bonds is 10. The summed E-state index contributed by atoms with van der Waals surface area (Å²) in [6.07, 6.45) is 4.01. The Morgan fingerprint density at radius 2 is 1.77 bits per heavy atom. The Labute approximate surface area is 253 Å². The molecule has 6 rings (SSSR count). The highest BCUT2D eigenvalue weighted by atomic mass is 19.1. The van der Waals surface area contributed by atoms with Gasteiger partial charge < -0.3 is 19.7 Å². The van der Waals surface area contributed by atoms with E-state index in [1.165, 1.54) is 12.1 Å². The lowest BCUT2D eigenvalue weighted by atomic mass is 10.0. The molecule has 10 nitrogen and oxygen atoms in total. The van der Waals surface area contributed by atoms with Gasteiger partial charge in [0.05, 0.1) is 25.5 Å². The summed E-state index contributed by atoms with van der Waals surface area (Å²) >= 11 is 0. The van der Waals surface area contributed by atoms with Gasteiger partial charge in [-0.3, -0.25) is 14.6 Å². The summed E-state index contributed by atoms with van der Waals surface area (Å²) in [7, 11) is 0. The molecule has 224 valence electrons. The molecule has 1 aliphatic rings. The number of halogens is 1. The second kappa shape index (κ2) is 13.0. The predicted molar refractivity (Wildman–Crippen MR) is 163 cm³/mol. The van der Waals surface area contributed by atoms with Crippen LogP contribution in [0, 0.1) is 5.82 Å². The molecule has 1 saturated heterocycles. The normalized spacial score (nSPS) is 13.2. The Morgan fingerprint density at radius 1 is 0.977 bits per heavy atom. The second-order valence-electron chi connectivity index (χ2n) is 10.4. The first-order valence-corrected chi connectivity index (χ1v) is 14.4. The Kier molecular flexibility index (Phi) is 8.55. The van der Waals surface area contributed by atoms with E-state index in [9.17, 15) is 14.0 Å². The van der Waals surface area contributed by atoms with E-state index in [0.717, 1.165) is 16.7 Å². The standard InChI is InChI=1S/C33H31FN6O4/c1-2-44-30-18-23(32(42)39-13-15-43-16-14-39)6-11-29(30)36-33-37-31-12-7-25(21-40(31)38-33)24-5-10-27(35-20-24)19-28(41)17-22-3-8-26(34)9-4-22/h3-12,18,20-21H,2,13-17,19H2,1H3,(H,36,38). The van der Waals surface area contributed by atoms with Gasteiger partial charge in [-0.15, -0.1) is 5.10 Å². The second-order valence-corrected chi connectivity index (χ2v) is 10.4. The van der Waals surface area contributed by atoms with Gasteiger partial charge >= 0.3 is 0 Å². The number of nitrogens with zero attached hydrogens (tertiary/aromatic N) is 5. The Balaban J connectivity index is 1.14.